The number of halogens is 1. The van der Waals surface area contributed by atoms with Gasteiger partial charge < -0.3 is 4.90 Å². The highest BCUT2D eigenvalue weighted by molar-refractivity contribution is 7.16. The first-order valence-electron chi connectivity index (χ1n) is 7.20. The third-order valence-corrected chi connectivity index (χ3v) is 5.94. The van der Waals surface area contributed by atoms with Gasteiger partial charge in [-0.2, -0.15) is 0 Å². The fraction of sp³-hybridized carbons (Fsp3) is 0.667. The molecule has 2 aliphatic carbocycles. The van der Waals surface area contributed by atoms with E-state index in [-0.39, 0.29) is 0 Å². The minimum absolute atomic E-state index is 0.300. The SMILES string of the molecule is CCN(Cc1ccc(Cl)s1)C(=O)C1CC2CCC1C2. The molecule has 2 saturated carbocycles. The van der Waals surface area contributed by atoms with E-state index in [1.165, 1.54) is 24.1 Å². The van der Waals surface area contributed by atoms with Crippen LogP contribution in [0.2, 0.25) is 4.34 Å². The van der Waals surface area contributed by atoms with Crippen molar-refractivity contribution in [3.63, 3.8) is 0 Å². The van der Waals surface area contributed by atoms with E-state index in [1.807, 2.05) is 17.0 Å². The molecule has 3 atom stereocenters. The molecule has 0 spiro atoms. The average Bonchev–Trinajstić information content (AvgIpc) is 3.11. The lowest BCUT2D eigenvalue weighted by molar-refractivity contribution is -0.137. The van der Waals surface area contributed by atoms with Crippen LogP contribution >= 0.6 is 22.9 Å². The summed E-state index contributed by atoms with van der Waals surface area (Å²) in [4.78, 5) is 15.9. The zero-order chi connectivity index (χ0) is 13.4. The van der Waals surface area contributed by atoms with E-state index in [9.17, 15) is 4.79 Å². The van der Waals surface area contributed by atoms with E-state index in [0.717, 1.165) is 29.8 Å². The van der Waals surface area contributed by atoms with Gasteiger partial charge in [-0.25, -0.2) is 0 Å². The van der Waals surface area contributed by atoms with Crippen LogP contribution in [0.3, 0.4) is 0 Å². The van der Waals surface area contributed by atoms with Gasteiger partial charge in [0.15, 0.2) is 0 Å². The Bertz CT molecular complexity index is 472. The van der Waals surface area contributed by atoms with E-state index < -0.39 is 0 Å². The number of rotatable bonds is 4. The third-order valence-electron chi connectivity index (χ3n) is 4.72. The van der Waals surface area contributed by atoms with Gasteiger partial charge in [0.25, 0.3) is 0 Å². The Kier molecular flexibility index (Phi) is 3.86. The van der Waals surface area contributed by atoms with Crippen molar-refractivity contribution < 1.29 is 4.79 Å². The van der Waals surface area contributed by atoms with Crippen LogP contribution in [0.4, 0.5) is 0 Å². The molecule has 2 aliphatic rings. The summed E-state index contributed by atoms with van der Waals surface area (Å²) in [5, 5.41) is 0. The predicted molar refractivity (Wildman–Crippen MR) is 79.4 cm³/mol. The maximum atomic E-state index is 12.7. The summed E-state index contributed by atoms with van der Waals surface area (Å²) in [7, 11) is 0. The molecule has 0 radical (unpaired) electrons. The standard InChI is InChI=1S/C15H20ClNOS/c1-2-17(9-12-5-6-14(16)19-12)15(18)13-8-10-3-4-11(13)7-10/h5-6,10-11,13H,2-4,7-9H2,1H3. The first-order valence-corrected chi connectivity index (χ1v) is 8.39. The van der Waals surface area contributed by atoms with Crippen molar-refractivity contribution in [1.29, 1.82) is 0 Å². The lowest BCUT2D eigenvalue weighted by atomic mass is 9.87. The smallest absolute Gasteiger partial charge is 0.226 e. The Labute approximate surface area is 123 Å². The normalized spacial score (nSPS) is 28.8. The van der Waals surface area contributed by atoms with Gasteiger partial charge in [-0.1, -0.05) is 18.0 Å². The van der Waals surface area contributed by atoms with Crippen molar-refractivity contribution in [1.82, 2.24) is 4.90 Å². The van der Waals surface area contributed by atoms with Crippen LogP contribution in [0, 0.1) is 17.8 Å². The van der Waals surface area contributed by atoms with Gasteiger partial charge in [0.2, 0.25) is 5.91 Å². The van der Waals surface area contributed by atoms with Crippen LogP contribution in [0.5, 0.6) is 0 Å². The highest BCUT2D eigenvalue weighted by Crippen LogP contribution is 2.49. The molecule has 2 bridgehead atoms. The van der Waals surface area contributed by atoms with Crippen molar-refractivity contribution >= 4 is 28.8 Å². The molecule has 0 aliphatic heterocycles. The van der Waals surface area contributed by atoms with Crippen LogP contribution in [0.25, 0.3) is 0 Å². The van der Waals surface area contributed by atoms with Crippen molar-refractivity contribution in [3.05, 3.63) is 21.3 Å². The third kappa shape index (κ3) is 2.68. The highest BCUT2D eigenvalue weighted by atomic mass is 35.5. The van der Waals surface area contributed by atoms with Crippen molar-refractivity contribution in [3.8, 4) is 0 Å². The molecule has 1 amide bonds. The number of hydrogen-bond acceptors (Lipinski definition) is 2. The molecule has 1 aromatic heterocycles. The number of thiophene rings is 1. The summed E-state index contributed by atoms with van der Waals surface area (Å²) in [5.41, 5.74) is 0. The summed E-state index contributed by atoms with van der Waals surface area (Å²) >= 11 is 7.54. The molecular formula is C15H20ClNOS. The molecule has 4 heteroatoms. The molecule has 0 aromatic carbocycles. The second-order valence-electron chi connectivity index (χ2n) is 5.84. The zero-order valence-corrected chi connectivity index (χ0v) is 12.8. The number of fused-ring (bicyclic) bond motifs is 2. The van der Waals surface area contributed by atoms with Crippen LogP contribution in [0.15, 0.2) is 12.1 Å². The summed E-state index contributed by atoms with van der Waals surface area (Å²) in [5.74, 6) is 2.17. The number of carbonyl (C=O) groups is 1. The summed E-state index contributed by atoms with van der Waals surface area (Å²) in [6.45, 7) is 3.59. The van der Waals surface area contributed by atoms with Crippen molar-refractivity contribution in [2.45, 2.75) is 39.2 Å². The minimum Gasteiger partial charge on any atom is -0.338 e. The number of carbonyl (C=O) groups excluding carboxylic acids is 1. The zero-order valence-electron chi connectivity index (χ0n) is 11.3. The first-order chi connectivity index (χ1) is 9.17. The molecule has 0 saturated heterocycles. The topological polar surface area (TPSA) is 20.3 Å². The summed E-state index contributed by atoms with van der Waals surface area (Å²) in [6, 6.07) is 3.95. The lowest BCUT2D eigenvalue weighted by Crippen LogP contribution is -2.37. The van der Waals surface area contributed by atoms with Gasteiger partial charge in [0.1, 0.15) is 0 Å². The van der Waals surface area contributed by atoms with Gasteiger partial charge in [-0.15, -0.1) is 11.3 Å². The van der Waals surface area contributed by atoms with Gasteiger partial charge in [0.05, 0.1) is 10.9 Å². The maximum Gasteiger partial charge on any atom is 0.226 e. The van der Waals surface area contributed by atoms with E-state index >= 15 is 0 Å². The predicted octanol–water partition coefficient (Wildman–Crippen LogP) is 4.19. The Morgan fingerprint density at radius 1 is 1.42 bits per heavy atom. The molecule has 1 aromatic rings. The lowest BCUT2D eigenvalue weighted by Gasteiger charge is -2.28. The van der Waals surface area contributed by atoms with Gasteiger partial charge in [0, 0.05) is 17.3 Å². The van der Waals surface area contributed by atoms with Gasteiger partial charge >= 0.3 is 0 Å². The van der Waals surface area contributed by atoms with E-state index in [2.05, 4.69) is 6.92 Å². The van der Waals surface area contributed by atoms with Crippen molar-refractivity contribution in [2.75, 3.05) is 6.54 Å². The molecule has 1 heterocycles. The van der Waals surface area contributed by atoms with Gasteiger partial charge in [-0.3, -0.25) is 4.79 Å². The van der Waals surface area contributed by atoms with Crippen LogP contribution in [-0.2, 0) is 11.3 Å². The van der Waals surface area contributed by atoms with Gasteiger partial charge in [-0.05, 0) is 50.2 Å². The number of amides is 1. The van der Waals surface area contributed by atoms with E-state index in [1.54, 1.807) is 11.3 Å². The van der Waals surface area contributed by atoms with E-state index in [4.69, 9.17) is 11.6 Å². The summed E-state index contributed by atoms with van der Waals surface area (Å²) < 4.78 is 0.804. The number of hydrogen-bond donors (Lipinski definition) is 0. The molecule has 2 fully saturated rings. The number of nitrogens with zero attached hydrogens (tertiary/aromatic N) is 1. The molecule has 0 N–H and O–H groups in total. The quantitative estimate of drug-likeness (QED) is 0.816. The fourth-order valence-corrected chi connectivity index (χ4v) is 4.86. The largest absolute Gasteiger partial charge is 0.338 e. The molecule has 19 heavy (non-hydrogen) atoms. The minimum atomic E-state index is 0.300. The van der Waals surface area contributed by atoms with Crippen LogP contribution in [-0.4, -0.2) is 17.4 Å². The monoisotopic (exact) mass is 297 g/mol. The Balaban J connectivity index is 1.66. The Morgan fingerprint density at radius 3 is 2.79 bits per heavy atom. The summed E-state index contributed by atoms with van der Waals surface area (Å²) in [6.07, 6.45) is 5.04. The van der Waals surface area contributed by atoms with Crippen molar-refractivity contribution in [2.24, 2.45) is 17.8 Å². The fourth-order valence-electron chi connectivity index (χ4n) is 3.75. The van der Waals surface area contributed by atoms with Crippen LogP contribution < -0.4 is 0 Å². The molecular weight excluding hydrogens is 278 g/mol. The molecule has 2 nitrogen and oxygen atoms in total. The van der Waals surface area contributed by atoms with Crippen LogP contribution in [0.1, 0.15) is 37.5 Å². The highest BCUT2D eigenvalue weighted by Gasteiger charge is 2.44. The average molecular weight is 298 g/mol. The second-order valence-corrected chi connectivity index (χ2v) is 7.64. The second kappa shape index (κ2) is 5.45. The maximum absolute atomic E-state index is 12.7. The first kappa shape index (κ1) is 13.4. The Hall–Kier alpha value is -0.540. The molecule has 3 unspecified atom stereocenters. The molecule has 3 rings (SSSR count). The Morgan fingerprint density at radius 2 is 2.26 bits per heavy atom. The molecule has 104 valence electrons. The van der Waals surface area contributed by atoms with E-state index in [0.29, 0.717) is 17.7 Å².